The average Bonchev–Trinajstić information content (AvgIpc) is 2.76. The molecule has 1 nitrogen and oxygen atoms in total. The zero-order valence-corrected chi connectivity index (χ0v) is 14.7. The molecular weight excluding hydrogens is 292 g/mol. The summed E-state index contributed by atoms with van der Waals surface area (Å²) in [5, 5.41) is 0.0683. The van der Waals surface area contributed by atoms with Crippen molar-refractivity contribution in [2.24, 2.45) is 28.6 Å². The van der Waals surface area contributed by atoms with E-state index in [1.807, 2.05) is 6.08 Å². The SMILES string of the molecule is CC1=CC2(C)CCC3C(CC(Cl)C4=CC(=O)CCC43C)C2C1. The molecule has 0 aromatic heterocycles. The second kappa shape index (κ2) is 4.72. The van der Waals surface area contributed by atoms with Crippen molar-refractivity contribution >= 4 is 17.4 Å². The number of alkyl halides is 1. The lowest BCUT2D eigenvalue weighted by Crippen LogP contribution is -2.52. The number of carbonyl (C=O) groups is 1. The van der Waals surface area contributed by atoms with E-state index in [4.69, 9.17) is 11.6 Å². The Morgan fingerprint density at radius 2 is 2.00 bits per heavy atom. The lowest BCUT2D eigenvalue weighted by molar-refractivity contribution is -0.117. The van der Waals surface area contributed by atoms with Gasteiger partial charge in [-0.25, -0.2) is 0 Å². The van der Waals surface area contributed by atoms with Crippen LogP contribution in [0.25, 0.3) is 0 Å². The fraction of sp³-hybridized carbons (Fsp3) is 0.750. The molecule has 6 atom stereocenters. The van der Waals surface area contributed by atoms with Gasteiger partial charge in [0.25, 0.3) is 0 Å². The van der Waals surface area contributed by atoms with Crippen molar-refractivity contribution in [2.45, 2.75) is 64.7 Å². The van der Waals surface area contributed by atoms with Gasteiger partial charge in [-0.15, -0.1) is 11.6 Å². The van der Waals surface area contributed by atoms with Crippen LogP contribution in [-0.4, -0.2) is 11.2 Å². The molecule has 2 saturated carbocycles. The Hall–Kier alpha value is -0.560. The molecule has 6 unspecified atom stereocenters. The van der Waals surface area contributed by atoms with E-state index < -0.39 is 0 Å². The van der Waals surface area contributed by atoms with Crippen molar-refractivity contribution in [1.82, 2.24) is 0 Å². The molecular formula is C20H27ClO. The summed E-state index contributed by atoms with van der Waals surface area (Å²) in [4.78, 5) is 11.9. The lowest BCUT2D eigenvalue weighted by Gasteiger charge is -2.58. The minimum atomic E-state index is 0.0683. The third-order valence-corrected chi connectivity index (χ3v) is 7.91. The number of rotatable bonds is 0. The maximum atomic E-state index is 11.9. The second-order valence-corrected chi connectivity index (χ2v) is 9.33. The van der Waals surface area contributed by atoms with Gasteiger partial charge in [0.1, 0.15) is 0 Å². The van der Waals surface area contributed by atoms with Crippen LogP contribution in [0.5, 0.6) is 0 Å². The van der Waals surface area contributed by atoms with E-state index in [2.05, 4.69) is 26.8 Å². The quantitative estimate of drug-likeness (QED) is 0.438. The number of hydrogen-bond acceptors (Lipinski definition) is 1. The molecule has 0 heterocycles. The van der Waals surface area contributed by atoms with Gasteiger partial charge >= 0.3 is 0 Å². The van der Waals surface area contributed by atoms with Gasteiger partial charge in [-0.2, -0.15) is 0 Å². The van der Waals surface area contributed by atoms with Crippen molar-refractivity contribution < 1.29 is 4.79 Å². The fourth-order valence-corrected chi connectivity index (χ4v) is 6.96. The highest BCUT2D eigenvalue weighted by Crippen LogP contribution is 2.65. The van der Waals surface area contributed by atoms with Gasteiger partial charge in [0.15, 0.2) is 5.78 Å². The van der Waals surface area contributed by atoms with Crippen molar-refractivity contribution in [2.75, 3.05) is 0 Å². The topological polar surface area (TPSA) is 17.1 Å². The summed E-state index contributed by atoms with van der Waals surface area (Å²) in [5.74, 6) is 2.50. The molecule has 22 heavy (non-hydrogen) atoms. The normalized spacial score (nSPS) is 50.6. The maximum absolute atomic E-state index is 11.9. The largest absolute Gasteiger partial charge is 0.295 e. The highest BCUT2D eigenvalue weighted by Gasteiger charge is 2.57. The van der Waals surface area contributed by atoms with E-state index >= 15 is 0 Å². The van der Waals surface area contributed by atoms with Crippen LogP contribution in [-0.2, 0) is 4.79 Å². The molecule has 0 saturated heterocycles. The molecule has 0 amide bonds. The summed E-state index contributed by atoms with van der Waals surface area (Å²) in [6.45, 7) is 7.16. The van der Waals surface area contributed by atoms with Crippen LogP contribution in [0.1, 0.15) is 59.3 Å². The molecule has 0 radical (unpaired) electrons. The lowest BCUT2D eigenvalue weighted by atomic mass is 9.47. The Bertz CT molecular complexity index is 589. The predicted octanol–water partition coefficient (Wildman–Crippen LogP) is 5.29. The summed E-state index contributed by atoms with van der Waals surface area (Å²) in [6.07, 6.45) is 11.1. The van der Waals surface area contributed by atoms with Crippen LogP contribution >= 0.6 is 11.6 Å². The first kappa shape index (κ1) is 15.0. The first-order valence-electron chi connectivity index (χ1n) is 8.91. The second-order valence-electron chi connectivity index (χ2n) is 8.80. The van der Waals surface area contributed by atoms with Crippen LogP contribution in [0, 0.1) is 28.6 Å². The summed E-state index contributed by atoms with van der Waals surface area (Å²) in [7, 11) is 0. The van der Waals surface area contributed by atoms with E-state index in [-0.39, 0.29) is 16.6 Å². The van der Waals surface area contributed by atoms with Gasteiger partial charge in [0.05, 0.1) is 5.38 Å². The maximum Gasteiger partial charge on any atom is 0.155 e. The van der Waals surface area contributed by atoms with Crippen molar-refractivity contribution in [3.8, 4) is 0 Å². The summed E-state index contributed by atoms with van der Waals surface area (Å²) < 4.78 is 0. The molecule has 4 rings (SSSR count). The summed E-state index contributed by atoms with van der Waals surface area (Å²) in [5.41, 5.74) is 3.40. The minimum Gasteiger partial charge on any atom is -0.295 e. The minimum absolute atomic E-state index is 0.0683. The van der Waals surface area contributed by atoms with Crippen LogP contribution in [0.15, 0.2) is 23.3 Å². The zero-order chi connectivity index (χ0) is 15.7. The standard InChI is InChI=1S/C20H27ClO/c1-12-8-16-14-10-18(21)17-9-13(22)4-7-20(17,3)15(14)5-6-19(16,2)11-12/h9,11,14-16,18H,4-8,10H2,1-3H3. The molecule has 4 aliphatic carbocycles. The van der Waals surface area contributed by atoms with Crippen molar-refractivity contribution in [3.63, 3.8) is 0 Å². The van der Waals surface area contributed by atoms with E-state index in [1.54, 1.807) is 5.57 Å². The molecule has 120 valence electrons. The van der Waals surface area contributed by atoms with Crippen LogP contribution in [0.4, 0.5) is 0 Å². The van der Waals surface area contributed by atoms with Gasteiger partial charge < -0.3 is 0 Å². The molecule has 2 fully saturated rings. The Balaban J connectivity index is 1.73. The third-order valence-electron chi connectivity index (χ3n) is 7.49. The number of allylic oxidation sites excluding steroid dienone is 4. The molecule has 0 aromatic rings. The molecule has 4 aliphatic rings. The fourth-order valence-electron chi connectivity index (χ4n) is 6.44. The van der Waals surface area contributed by atoms with Gasteiger partial charge in [-0.1, -0.05) is 25.5 Å². The predicted molar refractivity (Wildman–Crippen MR) is 90.9 cm³/mol. The average molecular weight is 319 g/mol. The highest BCUT2D eigenvalue weighted by atomic mass is 35.5. The molecule has 0 N–H and O–H groups in total. The first-order valence-corrected chi connectivity index (χ1v) is 9.34. The molecule has 0 bridgehead atoms. The van der Waals surface area contributed by atoms with Crippen LogP contribution in [0.3, 0.4) is 0 Å². The number of ketones is 1. The van der Waals surface area contributed by atoms with Crippen molar-refractivity contribution in [3.05, 3.63) is 23.3 Å². The van der Waals surface area contributed by atoms with E-state index in [1.165, 1.54) is 24.8 Å². The Kier molecular flexibility index (Phi) is 3.22. The highest BCUT2D eigenvalue weighted by molar-refractivity contribution is 6.23. The zero-order valence-electron chi connectivity index (χ0n) is 14.0. The number of halogens is 1. The molecule has 0 spiro atoms. The first-order chi connectivity index (χ1) is 10.3. The van der Waals surface area contributed by atoms with Crippen molar-refractivity contribution in [1.29, 1.82) is 0 Å². The van der Waals surface area contributed by atoms with Crippen LogP contribution < -0.4 is 0 Å². The van der Waals surface area contributed by atoms with E-state index in [0.717, 1.165) is 30.6 Å². The molecule has 2 heteroatoms. The Morgan fingerprint density at radius 1 is 1.23 bits per heavy atom. The van der Waals surface area contributed by atoms with Gasteiger partial charge in [-0.05, 0) is 79.3 Å². The van der Waals surface area contributed by atoms with Gasteiger partial charge in [0, 0.05) is 6.42 Å². The van der Waals surface area contributed by atoms with Crippen LogP contribution in [0.2, 0.25) is 0 Å². The molecule has 0 aliphatic heterocycles. The van der Waals surface area contributed by atoms with E-state index in [0.29, 0.717) is 11.8 Å². The summed E-state index contributed by atoms with van der Waals surface area (Å²) in [6, 6.07) is 0. The molecule has 0 aromatic carbocycles. The number of carbonyl (C=O) groups excluding carboxylic acids is 1. The number of fused-ring (bicyclic) bond motifs is 5. The van der Waals surface area contributed by atoms with E-state index in [9.17, 15) is 4.79 Å². The smallest absolute Gasteiger partial charge is 0.155 e. The van der Waals surface area contributed by atoms with Gasteiger partial charge in [-0.3, -0.25) is 4.79 Å². The Morgan fingerprint density at radius 3 is 2.77 bits per heavy atom. The number of hydrogen-bond donors (Lipinski definition) is 0. The Labute approximate surface area is 139 Å². The third kappa shape index (κ3) is 1.94. The van der Waals surface area contributed by atoms with Gasteiger partial charge in [0.2, 0.25) is 0 Å². The summed E-state index contributed by atoms with van der Waals surface area (Å²) >= 11 is 6.80. The monoisotopic (exact) mass is 318 g/mol.